The first-order chi connectivity index (χ1) is 7.61. The van der Waals surface area contributed by atoms with Crippen LogP contribution in [-0.2, 0) is 4.79 Å². The van der Waals surface area contributed by atoms with Gasteiger partial charge in [-0.2, -0.15) is 5.26 Å². The molecule has 0 saturated carbocycles. The number of nitriles is 1. The summed E-state index contributed by atoms with van der Waals surface area (Å²) in [6.07, 6.45) is 0.185. The van der Waals surface area contributed by atoms with Crippen LogP contribution < -0.4 is 0 Å². The Labute approximate surface area is 92.5 Å². The maximum atomic E-state index is 11.5. The molecule has 16 heavy (non-hydrogen) atoms. The number of ketones is 1. The van der Waals surface area contributed by atoms with E-state index in [0.717, 1.165) is 0 Å². The zero-order chi connectivity index (χ0) is 12.1. The third-order valence-corrected chi connectivity index (χ3v) is 2.24. The Balaban J connectivity index is 3.26. The lowest BCUT2D eigenvalue weighted by atomic mass is 9.93. The second-order valence-electron chi connectivity index (χ2n) is 3.20. The van der Waals surface area contributed by atoms with E-state index >= 15 is 0 Å². The van der Waals surface area contributed by atoms with Gasteiger partial charge in [0.2, 0.25) is 0 Å². The van der Waals surface area contributed by atoms with Crippen LogP contribution >= 0.6 is 0 Å². The van der Waals surface area contributed by atoms with E-state index in [4.69, 9.17) is 5.26 Å². The summed E-state index contributed by atoms with van der Waals surface area (Å²) in [5, 5.41) is 19.6. The predicted octanol–water partition coefficient (Wildman–Crippen LogP) is 2.18. The Morgan fingerprint density at radius 3 is 2.69 bits per heavy atom. The van der Waals surface area contributed by atoms with Crippen molar-refractivity contribution in [3.63, 3.8) is 0 Å². The van der Waals surface area contributed by atoms with Crippen molar-refractivity contribution in [2.24, 2.45) is 0 Å². The molecular weight excluding hydrogens is 208 g/mol. The van der Waals surface area contributed by atoms with E-state index in [2.05, 4.69) is 0 Å². The molecule has 0 aliphatic heterocycles. The van der Waals surface area contributed by atoms with Crippen LogP contribution in [0.1, 0.15) is 24.8 Å². The first kappa shape index (κ1) is 11.9. The summed E-state index contributed by atoms with van der Waals surface area (Å²) in [7, 11) is 0. The van der Waals surface area contributed by atoms with Crippen molar-refractivity contribution in [1.82, 2.24) is 0 Å². The highest BCUT2D eigenvalue weighted by molar-refractivity contribution is 5.89. The Kier molecular flexibility index (Phi) is 3.72. The Hall–Kier alpha value is -2.22. The number of hydrogen-bond acceptors (Lipinski definition) is 4. The van der Waals surface area contributed by atoms with E-state index in [1.165, 1.54) is 18.2 Å². The van der Waals surface area contributed by atoms with Gasteiger partial charge in [-0.15, -0.1) is 0 Å². The van der Waals surface area contributed by atoms with Crippen LogP contribution in [0.5, 0.6) is 0 Å². The number of nitrogens with zero attached hydrogens (tertiary/aromatic N) is 2. The van der Waals surface area contributed by atoms with Crippen LogP contribution in [0.25, 0.3) is 0 Å². The Morgan fingerprint density at radius 2 is 2.19 bits per heavy atom. The molecule has 0 heterocycles. The smallest absolute Gasteiger partial charge is 0.274 e. The number of carbonyl (C=O) groups is 1. The van der Waals surface area contributed by atoms with Crippen molar-refractivity contribution in [2.75, 3.05) is 0 Å². The number of carbonyl (C=O) groups excluding carboxylic acids is 1. The molecule has 0 fully saturated rings. The average Bonchev–Trinajstić information content (AvgIpc) is 2.30. The molecule has 1 rings (SSSR count). The van der Waals surface area contributed by atoms with Crippen molar-refractivity contribution < 1.29 is 9.72 Å². The zero-order valence-electron chi connectivity index (χ0n) is 8.71. The molecule has 5 nitrogen and oxygen atoms in total. The number of nitro groups is 1. The first-order valence-electron chi connectivity index (χ1n) is 4.77. The largest absolute Gasteiger partial charge is 0.298 e. The molecule has 0 radical (unpaired) electrons. The molecule has 5 heteroatoms. The Bertz CT molecular complexity index is 463. The maximum absolute atomic E-state index is 11.5. The van der Waals surface area contributed by atoms with Gasteiger partial charge in [0, 0.05) is 12.5 Å². The van der Waals surface area contributed by atoms with Gasteiger partial charge in [-0.1, -0.05) is 25.1 Å². The topological polar surface area (TPSA) is 84.0 Å². The van der Waals surface area contributed by atoms with Crippen LogP contribution in [-0.4, -0.2) is 10.7 Å². The van der Waals surface area contributed by atoms with E-state index in [1.54, 1.807) is 13.0 Å². The minimum atomic E-state index is -1.05. The van der Waals surface area contributed by atoms with Gasteiger partial charge in [-0.3, -0.25) is 14.9 Å². The summed E-state index contributed by atoms with van der Waals surface area (Å²) < 4.78 is 0. The van der Waals surface area contributed by atoms with Crippen molar-refractivity contribution in [3.05, 3.63) is 39.9 Å². The molecule has 0 aromatic heterocycles. The van der Waals surface area contributed by atoms with Crippen molar-refractivity contribution in [2.45, 2.75) is 19.3 Å². The van der Waals surface area contributed by atoms with Gasteiger partial charge in [0.15, 0.2) is 5.78 Å². The molecule has 1 aromatic rings. The minimum absolute atomic E-state index is 0.168. The van der Waals surface area contributed by atoms with Crippen LogP contribution in [0.3, 0.4) is 0 Å². The van der Waals surface area contributed by atoms with Gasteiger partial charge in [0.25, 0.3) is 5.69 Å². The minimum Gasteiger partial charge on any atom is -0.298 e. The SMILES string of the molecule is CCC(=O)C(C#N)c1ccccc1[N+](=O)[O-]. The zero-order valence-corrected chi connectivity index (χ0v) is 8.71. The summed E-state index contributed by atoms with van der Waals surface area (Å²) in [6.45, 7) is 1.63. The average molecular weight is 218 g/mol. The summed E-state index contributed by atoms with van der Waals surface area (Å²) in [5.74, 6) is -1.36. The second-order valence-corrected chi connectivity index (χ2v) is 3.20. The fraction of sp³-hybridized carbons (Fsp3) is 0.273. The standard InChI is InChI=1S/C11H10N2O3/c1-2-11(14)9(7-12)8-5-3-4-6-10(8)13(15)16/h3-6,9H,2H2,1H3. The first-order valence-corrected chi connectivity index (χ1v) is 4.77. The fourth-order valence-electron chi connectivity index (χ4n) is 1.42. The number of nitro benzene ring substituents is 1. The summed E-state index contributed by atoms with van der Waals surface area (Å²) in [6, 6.07) is 7.63. The number of para-hydroxylation sites is 1. The van der Waals surface area contributed by atoms with E-state index in [-0.39, 0.29) is 23.5 Å². The molecule has 0 bridgehead atoms. The second kappa shape index (κ2) is 5.03. The lowest BCUT2D eigenvalue weighted by Gasteiger charge is -2.07. The Morgan fingerprint density at radius 1 is 1.56 bits per heavy atom. The fourth-order valence-corrected chi connectivity index (χ4v) is 1.42. The molecule has 1 unspecified atom stereocenters. The maximum Gasteiger partial charge on any atom is 0.274 e. The number of benzene rings is 1. The van der Waals surface area contributed by atoms with Gasteiger partial charge in [0.05, 0.1) is 16.6 Å². The van der Waals surface area contributed by atoms with E-state index < -0.39 is 10.8 Å². The number of hydrogen-bond donors (Lipinski definition) is 0. The number of Topliss-reactive ketones (excluding diaryl/α,β-unsaturated/α-hetero) is 1. The normalized spacial score (nSPS) is 11.5. The molecular formula is C11H10N2O3. The van der Waals surface area contributed by atoms with Crippen LogP contribution in [0.4, 0.5) is 5.69 Å². The highest BCUT2D eigenvalue weighted by Crippen LogP contribution is 2.27. The van der Waals surface area contributed by atoms with Crippen molar-refractivity contribution >= 4 is 11.5 Å². The third kappa shape index (κ3) is 2.23. The molecule has 0 aliphatic rings. The van der Waals surface area contributed by atoms with Gasteiger partial charge >= 0.3 is 0 Å². The van der Waals surface area contributed by atoms with Crippen molar-refractivity contribution in [1.29, 1.82) is 5.26 Å². The summed E-state index contributed by atoms with van der Waals surface area (Å²) in [4.78, 5) is 21.6. The van der Waals surface area contributed by atoms with Crippen LogP contribution in [0.2, 0.25) is 0 Å². The molecule has 0 aliphatic carbocycles. The predicted molar refractivity (Wildman–Crippen MR) is 56.7 cm³/mol. The summed E-state index contributed by atoms with van der Waals surface area (Å²) >= 11 is 0. The molecule has 1 atom stereocenters. The van der Waals surface area contributed by atoms with E-state index in [1.807, 2.05) is 6.07 Å². The lowest BCUT2D eigenvalue weighted by molar-refractivity contribution is -0.385. The van der Waals surface area contributed by atoms with Crippen LogP contribution in [0.15, 0.2) is 24.3 Å². The monoisotopic (exact) mass is 218 g/mol. The van der Waals surface area contributed by atoms with Gasteiger partial charge in [0.1, 0.15) is 5.92 Å². The molecule has 0 amide bonds. The van der Waals surface area contributed by atoms with E-state index in [9.17, 15) is 14.9 Å². The molecule has 0 spiro atoms. The highest BCUT2D eigenvalue weighted by Gasteiger charge is 2.25. The summed E-state index contributed by atoms with van der Waals surface area (Å²) in [5.41, 5.74) is -0.0160. The van der Waals surface area contributed by atoms with E-state index in [0.29, 0.717) is 0 Å². The molecule has 0 saturated heterocycles. The quantitative estimate of drug-likeness (QED) is 0.572. The molecule has 82 valence electrons. The third-order valence-electron chi connectivity index (χ3n) is 2.24. The van der Waals surface area contributed by atoms with Gasteiger partial charge < -0.3 is 0 Å². The van der Waals surface area contributed by atoms with Gasteiger partial charge in [-0.25, -0.2) is 0 Å². The molecule has 0 N–H and O–H groups in total. The van der Waals surface area contributed by atoms with Gasteiger partial charge in [-0.05, 0) is 0 Å². The lowest BCUT2D eigenvalue weighted by Crippen LogP contribution is -2.11. The highest BCUT2D eigenvalue weighted by atomic mass is 16.6. The van der Waals surface area contributed by atoms with Crippen molar-refractivity contribution in [3.8, 4) is 6.07 Å². The van der Waals surface area contributed by atoms with Crippen LogP contribution in [0, 0.1) is 21.4 Å². The molecule has 1 aromatic carbocycles. The number of rotatable bonds is 4.